The van der Waals surface area contributed by atoms with E-state index in [0.717, 1.165) is 49.3 Å². The van der Waals surface area contributed by atoms with Gasteiger partial charge in [0.05, 0.1) is 36.9 Å². The Morgan fingerprint density at radius 3 is 3.04 bits per heavy atom. The average Bonchev–Trinajstić information content (AvgIpc) is 2.68. The first kappa shape index (κ1) is 18.4. The van der Waals surface area contributed by atoms with Gasteiger partial charge in [-0.3, -0.25) is 9.69 Å². The summed E-state index contributed by atoms with van der Waals surface area (Å²) < 4.78 is 16.1. The molecule has 1 aliphatic heterocycles. The van der Waals surface area contributed by atoms with E-state index in [1.165, 1.54) is 0 Å². The van der Waals surface area contributed by atoms with Crippen LogP contribution in [0.3, 0.4) is 0 Å². The number of esters is 1. The van der Waals surface area contributed by atoms with E-state index >= 15 is 0 Å². The van der Waals surface area contributed by atoms with Crippen molar-refractivity contribution in [3.63, 3.8) is 0 Å². The Balaban J connectivity index is 1.52. The minimum atomic E-state index is -0.0903. The maximum Gasteiger partial charge on any atom is 0.310 e. The SMILES string of the molecule is CCOC(=O)C1CCCN(CCOc2cnc3ccc(OC)cc3n2)C1. The zero-order valence-corrected chi connectivity index (χ0v) is 15.3. The number of likely N-dealkylation sites (tertiary alicyclic amines) is 1. The summed E-state index contributed by atoms with van der Waals surface area (Å²) in [4.78, 5) is 23.0. The second-order valence-corrected chi connectivity index (χ2v) is 6.30. The predicted molar refractivity (Wildman–Crippen MR) is 97.4 cm³/mol. The number of benzene rings is 1. The number of fused-ring (bicyclic) bond motifs is 1. The Bertz CT molecular complexity index is 753. The number of methoxy groups -OCH3 is 1. The van der Waals surface area contributed by atoms with E-state index in [0.29, 0.717) is 19.1 Å². The van der Waals surface area contributed by atoms with Gasteiger partial charge in [0.25, 0.3) is 0 Å². The molecule has 1 fully saturated rings. The molecule has 1 atom stereocenters. The number of rotatable bonds is 7. The standard InChI is InChI=1S/C19H25N3O4/c1-3-25-19(23)14-5-4-8-22(13-14)9-10-26-18-12-20-16-7-6-15(24-2)11-17(16)21-18/h6-7,11-12,14H,3-5,8-10,13H2,1-2H3. The number of carbonyl (C=O) groups is 1. The summed E-state index contributed by atoms with van der Waals surface area (Å²) in [6.07, 6.45) is 3.53. The first-order valence-electron chi connectivity index (χ1n) is 9.02. The fourth-order valence-electron chi connectivity index (χ4n) is 3.16. The van der Waals surface area contributed by atoms with Crippen molar-refractivity contribution in [3.05, 3.63) is 24.4 Å². The highest BCUT2D eigenvalue weighted by Gasteiger charge is 2.26. The summed E-state index contributed by atoms with van der Waals surface area (Å²) in [6, 6.07) is 5.56. The Labute approximate surface area is 153 Å². The molecule has 140 valence electrons. The lowest BCUT2D eigenvalue weighted by atomic mass is 9.98. The van der Waals surface area contributed by atoms with E-state index in [9.17, 15) is 4.79 Å². The number of nitrogens with zero attached hydrogens (tertiary/aromatic N) is 3. The molecule has 7 nitrogen and oxygen atoms in total. The summed E-state index contributed by atoms with van der Waals surface area (Å²) in [7, 11) is 1.62. The molecule has 7 heteroatoms. The van der Waals surface area contributed by atoms with Gasteiger partial charge in [0, 0.05) is 19.2 Å². The second kappa shape index (κ2) is 8.80. The number of hydrogen-bond donors (Lipinski definition) is 0. The molecule has 2 aromatic rings. The van der Waals surface area contributed by atoms with E-state index in [-0.39, 0.29) is 11.9 Å². The van der Waals surface area contributed by atoms with Crippen LogP contribution in [0.4, 0.5) is 0 Å². The lowest BCUT2D eigenvalue weighted by Crippen LogP contribution is -2.41. The zero-order valence-electron chi connectivity index (χ0n) is 15.3. The molecule has 0 aliphatic carbocycles. The van der Waals surface area contributed by atoms with Crippen LogP contribution in [-0.2, 0) is 9.53 Å². The predicted octanol–water partition coefficient (Wildman–Crippen LogP) is 2.29. The lowest BCUT2D eigenvalue weighted by molar-refractivity contribution is -0.150. The van der Waals surface area contributed by atoms with Gasteiger partial charge in [-0.2, -0.15) is 0 Å². The van der Waals surface area contributed by atoms with Crippen molar-refractivity contribution in [2.24, 2.45) is 5.92 Å². The van der Waals surface area contributed by atoms with Gasteiger partial charge in [0.1, 0.15) is 12.4 Å². The van der Waals surface area contributed by atoms with Crippen LogP contribution in [0.5, 0.6) is 11.6 Å². The van der Waals surface area contributed by atoms with Crippen LogP contribution >= 0.6 is 0 Å². The van der Waals surface area contributed by atoms with Gasteiger partial charge in [-0.25, -0.2) is 9.97 Å². The molecule has 0 spiro atoms. The van der Waals surface area contributed by atoms with Gasteiger partial charge in [-0.15, -0.1) is 0 Å². The molecule has 0 bridgehead atoms. The second-order valence-electron chi connectivity index (χ2n) is 6.30. The Morgan fingerprint density at radius 1 is 1.35 bits per heavy atom. The number of hydrogen-bond acceptors (Lipinski definition) is 7. The van der Waals surface area contributed by atoms with E-state index in [2.05, 4.69) is 14.9 Å². The maximum atomic E-state index is 11.9. The number of carbonyl (C=O) groups excluding carboxylic acids is 1. The normalized spacial score (nSPS) is 17.8. The fraction of sp³-hybridized carbons (Fsp3) is 0.526. The Morgan fingerprint density at radius 2 is 2.23 bits per heavy atom. The van der Waals surface area contributed by atoms with E-state index in [1.54, 1.807) is 13.3 Å². The van der Waals surface area contributed by atoms with Gasteiger partial charge in [-0.1, -0.05) is 0 Å². The van der Waals surface area contributed by atoms with Crippen molar-refractivity contribution in [2.75, 3.05) is 40.0 Å². The molecule has 1 aromatic carbocycles. The molecule has 0 saturated carbocycles. The van der Waals surface area contributed by atoms with Crippen LogP contribution in [0.1, 0.15) is 19.8 Å². The molecule has 1 aliphatic rings. The summed E-state index contributed by atoms with van der Waals surface area (Å²) in [6.45, 7) is 5.21. The molecule has 2 heterocycles. The molecule has 1 aromatic heterocycles. The molecule has 26 heavy (non-hydrogen) atoms. The van der Waals surface area contributed by atoms with Crippen molar-refractivity contribution in [1.82, 2.24) is 14.9 Å². The van der Waals surface area contributed by atoms with Crippen LogP contribution in [0.15, 0.2) is 24.4 Å². The third kappa shape index (κ3) is 4.60. The third-order valence-electron chi connectivity index (χ3n) is 4.51. The molecule has 0 radical (unpaired) electrons. The molecule has 0 amide bonds. The van der Waals surface area contributed by atoms with Crippen LogP contribution in [0, 0.1) is 5.92 Å². The van der Waals surface area contributed by atoms with Gasteiger partial charge < -0.3 is 14.2 Å². The van der Waals surface area contributed by atoms with Crippen LogP contribution in [0.2, 0.25) is 0 Å². The van der Waals surface area contributed by atoms with Crippen LogP contribution in [0.25, 0.3) is 11.0 Å². The van der Waals surface area contributed by atoms with Gasteiger partial charge in [0.2, 0.25) is 5.88 Å². The van der Waals surface area contributed by atoms with E-state index < -0.39 is 0 Å². The molecular formula is C19H25N3O4. The highest BCUT2D eigenvalue weighted by Crippen LogP contribution is 2.20. The van der Waals surface area contributed by atoms with Crippen LogP contribution in [-0.4, -0.2) is 60.8 Å². The Hall–Kier alpha value is -2.41. The Kier molecular flexibility index (Phi) is 6.22. The monoisotopic (exact) mass is 359 g/mol. The summed E-state index contributed by atoms with van der Waals surface area (Å²) in [5.41, 5.74) is 1.54. The first-order chi connectivity index (χ1) is 12.7. The van der Waals surface area contributed by atoms with Gasteiger partial charge in [-0.05, 0) is 38.4 Å². The summed E-state index contributed by atoms with van der Waals surface area (Å²) in [5, 5.41) is 0. The number of ether oxygens (including phenoxy) is 3. The van der Waals surface area contributed by atoms with Crippen molar-refractivity contribution in [1.29, 1.82) is 0 Å². The molecule has 0 N–H and O–H groups in total. The fourth-order valence-corrected chi connectivity index (χ4v) is 3.16. The lowest BCUT2D eigenvalue weighted by Gasteiger charge is -2.31. The van der Waals surface area contributed by atoms with E-state index in [4.69, 9.17) is 14.2 Å². The minimum absolute atomic E-state index is 0.0309. The molecule has 1 saturated heterocycles. The van der Waals surface area contributed by atoms with Crippen molar-refractivity contribution >= 4 is 17.0 Å². The van der Waals surface area contributed by atoms with Gasteiger partial charge >= 0.3 is 5.97 Å². The summed E-state index contributed by atoms with van der Waals surface area (Å²) >= 11 is 0. The third-order valence-corrected chi connectivity index (χ3v) is 4.51. The average molecular weight is 359 g/mol. The molecular weight excluding hydrogens is 334 g/mol. The van der Waals surface area contributed by atoms with Gasteiger partial charge in [0.15, 0.2) is 0 Å². The smallest absolute Gasteiger partial charge is 0.310 e. The highest BCUT2D eigenvalue weighted by molar-refractivity contribution is 5.76. The first-order valence-corrected chi connectivity index (χ1v) is 9.02. The molecule has 1 unspecified atom stereocenters. The number of aromatic nitrogens is 2. The number of piperidine rings is 1. The minimum Gasteiger partial charge on any atom is -0.497 e. The van der Waals surface area contributed by atoms with Crippen molar-refractivity contribution in [2.45, 2.75) is 19.8 Å². The van der Waals surface area contributed by atoms with Crippen molar-refractivity contribution in [3.8, 4) is 11.6 Å². The van der Waals surface area contributed by atoms with Crippen molar-refractivity contribution < 1.29 is 19.0 Å². The topological polar surface area (TPSA) is 73.8 Å². The van der Waals surface area contributed by atoms with Crippen LogP contribution < -0.4 is 9.47 Å². The molecule has 3 rings (SSSR count). The highest BCUT2D eigenvalue weighted by atomic mass is 16.5. The van der Waals surface area contributed by atoms with E-state index in [1.807, 2.05) is 25.1 Å². The largest absolute Gasteiger partial charge is 0.497 e. The maximum absolute atomic E-state index is 11.9. The quantitative estimate of drug-likeness (QED) is 0.702. The summed E-state index contributed by atoms with van der Waals surface area (Å²) in [5.74, 6) is 1.11. The zero-order chi connectivity index (χ0) is 18.4.